The molecule has 1 amide bonds. The van der Waals surface area contributed by atoms with Gasteiger partial charge in [0, 0.05) is 19.3 Å². The van der Waals surface area contributed by atoms with Crippen molar-refractivity contribution in [2.45, 2.75) is 6.92 Å². The summed E-state index contributed by atoms with van der Waals surface area (Å²) < 4.78 is 10.7. The highest BCUT2D eigenvalue weighted by Crippen LogP contribution is 2.27. The second kappa shape index (κ2) is 9.62. The van der Waals surface area contributed by atoms with Crippen LogP contribution in [-0.2, 0) is 9.53 Å². The summed E-state index contributed by atoms with van der Waals surface area (Å²) >= 11 is 0. The van der Waals surface area contributed by atoms with Gasteiger partial charge in [0.1, 0.15) is 17.4 Å². The number of morpholine rings is 1. The van der Waals surface area contributed by atoms with Gasteiger partial charge in [0.05, 0.1) is 37.4 Å². The summed E-state index contributed by atoms with van der Waals surface area (Å²) in [5.74, 6) is 0.0274. The summed E-state index contributed by atoms with van der Waals surface area (Å²) in [6.45, 7) is 4.85. The van der Waals surface area contributed by atoms with E-state index < -0.39 is 5.91 Å². The number of amides is 1. The third kappa shape index (κ3) is 5.06. The summed E-state index contributed by atoms with van der Waals surface area (Å²) in [6, 6.07) is 15.2. The van der Waals surface area contributed by atoms with Crippen molar-refractivity contribution in [2.75, 3.05) is 48.9 Å². The number of anilines is 3. The van der Waals surface area contributed by atoms with E-state index in [1.54, 1.807) is 12.1 Å². The van der Waals surface area contributed by atoms with Crippen LogP contribution >= 0.6 is 0 Å². The van der Waals surface area contributed by atoms with Crippen LogP contribution in [0.25, 0.3) is 0 Å². The normalized spacial score (nSPS) is 14.1. The molecule has 29 heavy (non-hydrogen) atoms. The largest absolute Gasteiger partial charge is 0.495 e. The van der Waals surface area contributed by atoms with E-state index in [0.717, 1.165) is 30.0 Å². The number of hydrogen-bond donors (Lipinski definition) is 2. The molecule has 0 aliphatic carbocycles. The Bertz CT molecular complexity index is 943. The predicted molar refractivity (Wildman–Crippen MR) is 113 cm³/mol. The highest BCUT2D eigenvalue weighted by Gasteiger charge is 2.16. The van der Waals surface area contributed by atoms with E-state index in [9.17, 15) is 10.1 Å². The van der Waals surface area contributed by atoms with E-state index in [0.29, 0.717) is 24.7 Å². The van der Waals surface area contributed by atoms with Gasteiger partial charge in [-0.2, -0.15) is 5.26 Å². The molecule has 0 radical (unpaired) electrons. The Morgan fingerprint density at radius 1 is 1.21 bits per heavy atom. The fourth-order valence-electron chi connectivity index (χ4n) is 3.08. The van der Waals surface area contributed by atoms with Crippen molar-refractivity contribution in [3.63, 3.8) is 0 Å². The second-order valence-electron chi connectivity index (χ2n) is 6.59. The summed E-state index contributed by atoms with van der Waals surface area (Å²) in [5.41, 5.74) is 3.28. The molecule has 1 aliphatic rings. The first-order valence-corrected chi connectivity index (χ1v) is 9.37. The maximum atomic E-state index is 12.6. The van der Waals surface area contributed by atoms with Crippen LogP contribution in [0.2, 0.25) is 0 Å². The SMILES string of the molecule is COc1ccc(C)cc1NC(=O)/C(C#N)=C\Nc1ccccc1N1CCOCC1. The van der Waals surface area contributed by atoms with E-state index in [-0.39, 0.29) is 5.57 Å². The number of para-hydroxylation sites is 2. The van der Waals surface area contributed by atoms with Crippen LogP contribution in [-0.4, -0.2) is 39.3 Å². The van der Waals surface area contributed by atoms with Crippen molar-refractivity contribution >= 4 is 23.0 Å². The molecule has 1 fully saturated rings. The second-order valence-corrected chi connectivity index (χ2v) is 6.59. The highest BCUT2D eigenvalue weighted by molar-refractivity contribution is 6.07. The number of aryl methyl sites for hydroxylation is 1. The lowest BCUT2D eigenvalue weighted by atomic mass is 10.2. The average Bonchev–Trinajstić information content (AvgIpc) is 2.75. The lowest BCUT2D eigenvalue weighted by molar-refractivity contribution is -0.112. The zero-order valence-corrected chi connectivity index (χ0v) is 16.6. The minimum atomic E-state index is -0.507. The molecule has 0 saturated carbocycles. The maximum Gasteiger partial charge on any atom is 0.267 e. The highest BCUT2D eigenvalue weighted by atomic mass is 16.5. The van der Waals surface area contributed by atoms with E-state index in [1.807, 2.05) is 43.3 Å². The molecule has 1 aliphatic heterocycles. The van der Waals surface area contributed by atoms with E-state index >= 15 is 0 Å². The molecule has 3 rings (SSSR count). The molecule has 0 atom stereocenters. The van der Waals surface area contributed by atoms with Crippen molar-refractivity contribution in [3.8, 4) is 11.8 Å². The van der Waals surface area contributed by atoms with Gasteiger partial charge in [-0.05, 0) is 36.8 Å². The molecule has 2 aromatic carbocycles. The van der Waals surface area contributed by atoms with Crippen LogP contribution in [0.5, 0.6) is 5.75 Å². The van der Waals surface area contributed by atoms with Gasteiger partial charge in [-0.3, -0.25) is 4.79 Å². The fraction of sp³-hybridized carbons (Fsp3) is 0.273. The topological polar surface area (TPSA) is 86.6 Å². The number of carbonyl (C=O) groups is 1. The molecule has 7 heteroatoms. The monoisotopic (exact) mass is 392 g/mol. The Balaban J connectivity index is 1.77. The van der Waals surface area contributed by atoms with Crippen LogP contribution in [0.4, 0.5) is 17.1 Å². The third-order valence-electron chi connectivity index (χ3n) is 4.60. The minimum Gasteiger partial charge on any atom is -0.495 e. The Hall–Kier alpha value is -3.50. The number of hydrogen-bond acceptors (Lipinski definition) is 6. The van der Waals surface area contributed by atoms with E-state index in [1.165, 1.54) is 13.3 Å². The molecule has 0 aromatic heterocycles. The number of carbonyl (C=O) groups excluding carboxylic acids is 1. The number of rotatable bonds is 6. The molecule has 0 unspecified atom stereocenters. The zero-order chi connectivity index (χ0) is 20.6. The Kier molecular flexibility index (Phi) is 6.72. The van der Waals surface area contributed by atoms with Gasteiger partial charge >= 0.3 is 0 Å². The molecule has 0 bridgehead atoms. The van der Waals surface area contributed by atoms with Crippen LogP contribution in [0.3, 0.4) is 0 Å². The molecule has 1 saturated heterocycles. The van der Waals surface area contributed by atoms with Gasteiger partial charge in [-0.25, -0.2) is 0 Å². The minimum absolute atomic E-state index is 0.0367. The molecule has 7 nitrogen and oxygen atoms in total. The summed E-state index contributed by atoms with van der Waals surface area (Å²) in [7, 11) is 1.53. The summed E-state index contributed by atoms with van der Waals surface area (Å²) in [6.07, 6.45) is 1.43. The van der Waals surface area contributed by atoms with Gasteiger partial charge in [0.15, 0.2) is 0 Å². The van der Waals surface area contributed by atoms with Crippen LogP contribution < -0.4 is 20.3 Å². The lowest BCUT2D eigenvalue weighted by Crippen LogP contribution is -2.36. The number of nitriles is 1. The number of ether oxygens (including phenoxy) is 2. The summed E-state index contributed by atoms with van der Waals surface area (Å²) in [5, 5.41) is 15.3. The van der Waals surface area contributed by atoms with Crippen molar-refractivity contribution in [3.05, 3.63) is 59.8 Å². The van der Waals surface area contributed by atoms with Crippen LogP contribution in [0, 0.1) is 18.3 Å². The molecule has 2 aromatic rings. The predicted octanol–water partition coefficient (Wildman–Crippen LogP) is 3.30. The van der Waals surface area contributed by atoms with Gasteiger partial charge in [-0.15, -0.1) is 0 Å². The molecule has 2 N–H and O–H groups in total. The van der Waals surface area contributed by atoms with Crippen molar-refractivity contribution in [2.24, 2.45) is 0 Å². The fourth-order valence-corrected chi connectivity index (χ4v) is 3.08. The third-order valence-corrected chi connectivity index (χ3v) is 4.60. The van der Waals surface area contributed by atoms with Gasteiger partial charge in [0.25, 0.3) is 5.91 Å². The number of nitrogens with one attached hydrogen (secondary N) is 2. The van der Waals surface area contributed by atoms with Crippen LogP contribution in [0.15, 0.2) is 54.2 Å². The van der Waals surface area contributed by atoms with Crippen molar-refractivity contribution in [1.29, 1.82) is 5.26 Å². The summed E-state index contributed by atoms with van der Waals surface area (Å²) in [4.78, 5) is 14.8. The number of nitrogens with zero attached hydrogens (tertiary/aromatic N) is 2. The standard InChI is InChI=1S/C22H24N4O3/c1-16-7-8-21(28-2)19(13-16)25-22(27)17(14-23)15-24-18-5-3-4-6-20(18)26-9-11-29-12-10-26/h3-8,13,15,24H,9-12H2,1-2H3,(H,25,27)/b17-15-. The maximum absolute atomic E-state index is 12.6. The Labute approximate surface area is 170 Å². The molecule has 150 valence electrons. The van der Waals surface area contributed by atoms with Crippen molar-refractivity contribution < 1.29 is 14.3 Å². The molecule has 0 spiro atoms. The molecular formula is C22H24N4O3. The number of methoxy groups -OCH3 is 1. The first kappa shape index (κ1) is 20.2. The molecular weight excluding hydrogens is 368 g/mol. The first-order chi connectivity index (χ1) is 14.1. The lowest BCUT2D eigenvalue weighted by Gasteiger charge is -2.30. The van der Waals surface area contributed by atoms with E-state index in [2.05, 4.69) is 15.5 Å². The zero-order valence-electron chi connectivity index (χ0n) is 16.6. The quantitative estimate of drug-likeness (QED) is 0.579. The molecule has 1 heterocycles. The van der Waals surface area contributed by atoms with Gasteiger partial charge in [0.2, 0.25) is 0 Å². The smallest absolute Gasteiger partial charge is 0.267 e. The van der Waals surface area contributed by atoms with Gasteiger partial charge < -0.3 is 25.0 Å². The Morgan fingerprint density at radius 3 is 2.69 bits per heavy atom. The van der Waals surface area contributed by atoms with Crippen molar-refractivity contribution in [1.82, 2.24) is 0 Å². The van der Waals surface area contributed by atoms with E-state index in [4.69, 9.17) is 9.47 Å². The van der Waals surface area contributed by atoms with Crippen LogP contribution in [0.1, 0.15) is 5.56 Å². The average molecular weight is 392 g/mol. The number of benzene rings is 2. The first-order valence-electron chi connectivity index (χ1n) is 9.37. The van der Waals surface area contributed by atoms with Gasteiger partial charge in [-0.1, -0.05) is 18.2 Å². The Morgan fingerprint density at radius 2 is 1.97 bits per heavy atom.